The van der Waals surface area contributed by atoms with Crippen LogP contribution in [0.15, 0.2) is 12.1 Å². The topological polar surface area (TPSA) is 26.0 Å². The standard InChI is InChI=1S/C9H8Cl2F3N/c10-4-1-2-5(12)8(9(4)11)6(15)3-7(13)14/h1-2,6-7H,3,15H2/t6-/m1/s1. The van der Waals surface area contributed by atoms with Crippen LogP contribution in [0.1, 0.15) is 18.0 Å². The van der Waals surface area contributed by atoms with Gasteiger partial charge in [-0.2, -0.15) is 0 Å². The van der Waals surface area contributed by atoms with E-state index < -0.39 is 24.7 Å². The Bertz CT molecular complexity index is 357. The van der Waals surface area contributed by atoms with Crippen molar-refractivity contribution in [2.75, 3.05) is 0 Å². The molecular formula is C9H8Cl2F3N. The average Bonchev–Trinajstić information content (AvgIpc) is 2.11. The summed E-state index contributed by atoms with van der Waals surface area (Å²) in [5.74, 6) is -0.724. The minimum atomic E-state index is -2.62. The number of halogens is 5. The highest BCUT2D eigenvalue weighted by atomic mass is 35.5. The summed E-state index contributed by atoms with van der Waals surface area (Å²) in [4.78, 5) is 0. The van der Waals surface area contributed by atoms with Crippen LogP contribution in [0.3, 0.4) is 0 Å². The molecule has 0 saturated heterocycles. The van der Waals surface area contributed by atoms with Crippen molar-refractivity contribution < 1.29 is 13.2 Å². The second-order valence-corrected chi connectivity index (χ2v) is 3.78. The van der Waals surface area contributed by atoms with Gasteiger partial charge in [0.15, 0.2) is 0 Å². The summed E-state index contributed by atoms with van der Waals surface area (Å²) in [7, 11) is 0. The predicted octanol–water partition coefficient (Wildman–Crippen LogP) is 3.79. The molecule has 1 atom stereocenters. The molecule has 0 heterocycles. The zero-order valence-corrected chi connectivity index (χ0v) is 9.00. The number of alkyl halides is 2. The molecule has 0 bridgehead atoms. The molecule has 15 heavy (non-hydrogen) atoms. The summed E-state index contributed by atoms with van der Waals surface area (Å²) in [5, 5.41) is -0.0115. The first-order valence-corrected chi connectivity index (χ1v) is 4.86. The Balaban J connectivity index is 3.07. The summed E-state index contributed by atoms with van der Waals surface area (Å²) in [5.41, 5.74) is 5.24. The molecule has 1 nitrogen and oxygen atoms in total. The Kier molecular flexibility index (Phi) is 4.25. The molecule has 0 spiro atoms. The van der Waals surface area contributed by atoms with Crippen molar-refractivity contribution in [3.8, 4) is 0 Å². The van der Waals surface area contributed by atoms with Crippen LogP contribution in [-0.4, -0.2) is 6.43 Å². The van der Waals surface area contributed by atoms with E-state index in [0.717, 1.165) is 6.07 Å². The first-order chi connectivity index (χ1) is 6.93. The number of benzene rings is 1. The van der Waals surface area contributed by atoms with Gasteiger partial charge in [0, 0.05) is 18.0 Å². The Morgan fingerprint density at radius 3 is 2.40 bits per heavy atom. The van der Waals surface area contributed by atoms with Crippen molar-refractivity contribution in [1.29, 1.82) is 0 Å². The van der Waals surface area contributed by atoms with Crippen LogP contribution < -0.4 is 5.73 Å². The van der Waals surface area contributed by atoms with Gasteiger partial charge in [-0.25, -0.2) is 13.2 Å². The quantitative estimate of drug-likeness (QED) is 0.820. The van der Waals surface area contributed by atoms with Gasteiger partial charge < -0.3 is 5.73 Å². The lowest BCUT2D eigenvalue weighted by molar-refractivity contribution is 0.128. The molecular weight excluding hydrogens is 250 g/mol. The molecule has 0 aliphatic carbocycles. The third kappa shape index (κ3) is 3.00. The fraction of sp³-hybridized carbons (Fsp3) is 0.333. The van der Waals surface area contributed by atoms with Crippen LogP contribution in [0.4, 0.5) is 13.2 Å². The molecule has 1 aromatic rings. The van der Waals surface area contributed by atoms with E-state index in [1.165, 1.54) is 6.07 Å². The van der Waals surface area contributed by atoms with E-state index in [0.29, 0.717) is 0 Å². The maximum absolute atomic E-state index is 13.3. The van der Waals surface area contributed by atoms with E-state index in [9.17, 15) is 13.2 Å². The second-order valence-electron chi connectivity index (χ2n) is 2.99. The van der Waals surface area contributed by atoms with Gasteiger partial charge in [0.05, 0.1) is 10.0 Å². The SMILES string of the molecule is N[C@H](CC(F)F)c1c(F)ccc(Cl)c1Cl. The highest BCUT2D eigenvalue weighted by Gasteiger charge is 2.20. The van der Waals surface area contributed by atoms with Crippen molar-refractivity contribution in [1.82, 2.24) is 0 Å². The average molecular weight is 258 g/mol. The van der Waals surface area contributed by atoms with E-state index in [1.54, 1.807) is 0 Å². The van der Waals surface area contributed by atoms with Crippen molar-refractivity contribution >= 4 is 23.2 Å². The van der Waals surface area contributed by atoms with Gasteiger partial charge in [0.25, 0.3) is 0 Å². The summed E-state index contributed by atoms with van der Waals surface area (Å²) in [6.45, 7) is 0. The van der Waals surface area contributed by atoms with Crippen LogP contribution in [0.2, 0.25) is 10.0 Å². The molecule has 1 aromatic carbocycles. The number of nitrogens with two attached hydrogens (primary N) is 1. The van der Waals surface area contributed by atoms with Gasteiger partial charge in [-0.15, -0.1) is 0 Å². The lowest BCUT2D eigenvalue weighted by Crippen LogP contribution is -2.16. The van der Waals surface area contributed by atoms with Gasteiger partial charge in [-0.05, 0) is 12.1 Å². The molecule has 2 N–H and O–H groups in total. The van der Waals surface area contributed by atoms with Gasteiger partial charge in [-0.1, -0.05) is 23.2 Å². The fourth-order valence-corrected chi connectivity index (χ4v) is 1.65. The predicted molar refractivity (Wildman–Crippen MR) is 54.0 cm³/mol. The van der Waals surface area contributed by atoms with Crippen LogP contribution in [-0.2, 0) is 0 Å². The third-order valence-corrected chi connectivity index (χ3v) is 2.70. The van der Waals surface area contributed by atoms with Gasteiger partial charge >= 0.3 is 0 Å². The minimum absolute atomic E-state index is 0.0952. The lowest BCUT2D eigenvalue weighted by Gasteiger charge is -2.14. The Labute approximate surface area is 95.0 Å². The summed E-state index contributed by atoms with van der Waals surface area (Å²) < 4.78 is 37.4. The highest BCUT2D eigenvalue weighted by Crippen LogP contribution is 2.33. The lowest BCUT2D eigenvalue weighted by atomic mass is 10.0. The van der Waals surface area contributed by atoms with Crippen molar-refractivity contribution in [2.24, 2.45) is 5.73 Å². The summed E-state index contributed by atoms with van der Waals surface area (Å²) in [6, 6.07) is 1.14. The minimum Gasteiger partial charge on any atom is -0.324 e. The number of hydrogen-bond donors (Lipinski definition) is 1. The molecule has 1 rings (SSSR count). The van der Waals surface area contributed by atoms with Gasteiger partial charge in [0.1, 0.15) is 5.82 Å². The zero-order valence-electron chi connectivity index (χ0n) is 7.48. The van der Waals surface area contributed by atoms with E-state index >= 15 is 0 Å². The summed E-state index contributed by atoms with van der Waals surface area (Å²) >= 11 is 11.3. The highest BCUT2D eigenvalue weighted by molar-refractivity contribution is 6.42. The van der Waals surface area contributed by atoms with Crippen LogP contribution in [0.25, 0.3) is 0 Å². The van der Waals surface area contributed by atoms with Gasteiger partial charge in [-0.3, -0.25) is 0 Å². The van der Waals surface area contributed by atoms with Gasteiger partial charge in [0.2, 0.25) is 6.43 Å². The maximum atomic E-state index is 13.3. The Morgan fingerprint density at radius 1 is 1.27 bits per heavy atom. The van der Waals surface area contributed by atoms with Crippen molar-refractivity contribution in [3.05, 3.63) is 33.6 Å². The van der Waals surface area contributed by atoms with Crippen molar-refractivity contribution in [2.45, 2.75) is 18.9 Å². The normalized spacial score (nSPS) is 13.3. The molecule has 0 aliphatic rings. The van der Waals surface area contributed by atoms with Crippen molar-refractivity contribution in [3.63, 3.8) is 0 Å². The number of hydrogen-bond acceptors (Lipinski definition) is 1. The summed E-state index contributed by atoms with van der Waals surface area (Å²) in [6.07, 6.45) is -3.27. The van der Waals surface area contributed by atoms with E-state index in [1.807, 2.05) is 0 Å². The molecule has 0 radical (unpaired) electrons. The van der Waals surface area contributed by atoms with E-state index in [-0.39, 0.29) is 15.6 Å². The number of rotatable bonds is 3. The first-order valence-electron chi connectivity index (χ1n) is 4.10. The smallest absolute Gasteiger partial charge is 0.240 e. The molecule has 0 saturated carbocycles. The largest absolute Gasteiger partial charge is 0.324 e. The fourth-order valence-electron chi connectivity index (χ4n) is 1.19. The van der Waals surface area contributed by atoms with Crippen LogP contribution in [0.5, 0.6) is 0 Å². The second kappa shape index (κ2) is 5.05. The molecule has 0 amide bonds. The third-order valence-electron chi connectivity index (χ3n) is 1.88. The first kappa shape index (κ1) is 12.6. The Morgan fingerprint density at radius 2 is 1.87 bits per heavy atom. The van der Waals surface area contributed by atoms with E-state index in [2.05, 4.69) is 0 Å². The molecule has 0 unspecified atom stereocenters. The molecule has 0 fully saturated rings. The van der Waals surface area contributed by atoms with Crippen LogP contribution >= 0.6 is 23.2 Å². The Hall–Kier alpha value is -0.450. The monoisotopic (exact) mass is 257 g/mol. The molecule has 0 aliphatic heterocycles. The molecule has 0 aromatic heterocycles. The maximum Gasteiger partial charge on any atom is 0.240 e. The zero-order chi connectivity index (χ0) is 11.6. The molecule has 6 heteroatoms. The molecule has 84 valence electrons. The van der Waals surface area contributed by atoms with E-state index in [4.69, 9.17) is 28.9 Å². The van der Waals surface area contributed by atoms with Crippen LogP contribution in [0, 0.1) is 5.82 Å².